The molecule has 0 amide bonds. The molecule has 0 saturated heterocycles. The fraction of sp³-hybridized carbons (Fsp3) is 0.0357. The lowest BCUT2D eigenvalue weighted by atomic mass is 10.0. The van der Waals surface area contributed by atoms with Crippen molar-refractivity contribution in [2.45, 2.75) is 6.54 Å². The van der Waals surface area contributed by atoms with Crippen LogP contribution in [0.25, 0.3) is 27.7 Å². The van der Waals surface area contributed by atoms with Gasteiger partial charge in [-0.05, 0) is 30.3 Å². The summed E-state index contributed by atoms with van der Waals surface area (Å²) in [4.78, 5) is 13.1. The van der Waals surface area contributed by atoms with Crippen LogP contribution in [0.2, 0.25) is 0 Å². The molecule has 5 rings (SSSR count). The molecule has 0 atom stereocenters. The van der Waals surface area contributed by atoms with Gasteiger partial charge in [0.25, 0.3) is 5.56 Å². The van der Waals surface area contributed by atoms with Crippen LogP contribution < -0.4 is 5.56 Å². The van der Waals surface area contributed by atoms with E-state index in [2.05, 4.69) is 0 Å². The number of hydrogen-bond acceptors (Lipinski definition) is 3. The quantitative estimate of drug-likeness (QED) is 0.167. The van der Waals surface area contributed by atoms with E-state index in [1.165, 1.54) is 4.68 Å². The summed E-state index contributed by atoms with van der Waals surface area (Å²) < 4.78 is 2.36. The van der Waals surface area contributed by atoms with Crippen molar-refractivity contribution in [3.05, 3.63) is 136 Å². The smallest absolute Gasteiger partial charge is 0.279 e. The van der Waals surface area contributed by atoms with Gasteiger partial charge >= 0.3 is 0 Å². The van der Waals surface area contributed by atoms with Crippen molar-refractivity contribution in [1.82, 2.24) is 9.78 Å². The van der Waals surface area contributed by atoms with E-state index in [-0.39, 0.29) is 12.1 Å². The molecule has 0 saturated carbocycles. The molecule has 4 aromatic carbocycles. The lowest BCUT2D eigenvalue weighted by molar-refractivity contribution is -0.469. The van der Waals surface area contributed by atoms with Crippen LogP contribution in [0, 0.1) is 5.21 Å². The predicted octanol–water partition coefficient (Wildman–Crippen LogP) is 5.18. The van der Waals surface area contributed by atoms with Crippen molar-refractivity contribution < 1.29 is 4.74 Å². The molecular formula is C28H21N3O2. The summed E-state index contributed by atoms with van der Waals surface area (Å²) >= 11 is 0. The van der Waals surface area contributed by atoms with Crippen molar-refractivity contribution in [3.8, 4) is 16.9 Å². The first-order valence-electron chi connectivity index (χ1n) is 10.7. The second-order valence-electron chi connectivity index (χ2n) is 7.76. The van der Waals surface area contributed by atoms with E-state index in [4.69, 9.17) is 5.10 Å². The molecule has 0 aliphatic rings. The normalized spacial score (nSPS) is 11.6. The van der Waals surface area contributed by atoms with Gasteiger partial charge in [-0.15, -0.1) is 0 Å². The summed E-state index contributed by atoms with van der Waals surface area (Å²) in [6.45, 7) is 0.269. The Bertz CT molecular complexity index is 1510. The molecular weight excluding hydrogens is 410 g/mol. The fourth-order valence-corrected chi connectivity index (χ4v) is 3.89. The molecule has 0 radical (unpaired) electrons. The average Bonchev–Trinajstić information content (AvgIpc) is 2.86. The van der Waals surface area contributed by atoms with Gasteiger partial charge in [-0.3, -0.25) is 4.79 Å². The predicted molar refractivity (Wildman–Crippen MR) is 132 cm³/mol. The van der Waals surface area contributed by atoms with Gasteiger partial charge in [-0.1, -0.05) is 78.9 Å². The van der Waals surface area contributed by atoms with Crippen LogP contribution in [0.4, 0.5) is 0 Å². The Morgan fingerprint density at radius 1 is 0.788 bits per heavy atom. The Morgan fingerprint density at radius 2 is 1.45 bits per heavy atom. The van der Waals surface area contributed by atoms with Crippen molar-refractivity contribution in [2.24, 2.45) is 0 Å². The largest absolute Gasteiger partial charge is 0.624 e. The maximum absolute atomic E-state index is 13.1. The molecule has 1 heterocycles. The topological polar surface area (TPSA) is 61.0 Å². The summed E-state index contributed by atoms with van der Waals surface area (Å²) in [5.41, 5.74) is 3.76. The minimum Gasteiger partial charge on any atom is -0.624 e. The monoisotopic (exact) mass is 431 g/mol. The van der Waals surface area contributed by atoms with E-state index in [1.807, 2.05) is 109 Å². The van der Waals surface area contributed by atoms with E-state index < -0.39 is 0 Å². The molecule has 0 bridgehead atoms. The van der Waals surface area contributed by atoms with Gasteiger partial charge in [-0.2, -0.15) is 9.78 Å². The maximum atomic E-state index is 13.1. The number of hydroxylamine groups is 1. The maximum Gasteiger partial charge on any atom is 0.279 e. The number of nitrogens with zero attached hydrogens (tertiary/aromatic N) is 3. The zero-order valence-electron chi connectivity index (χ0n) is 17.8. The third-order valence-electron chi connectivity index (χ3n) is 5.44. The molecule has 0 aliphatic heterocycles. The first-order valence-corrected chi connectivity index (χ1v) is 10.7. The standard InChI is InChI=1S/C28H21N3O2/c32-28-26-17-8-7-16-25(26)27(29-31(28)24-14-5-2-6-15-24)23-13-9-12-22(18-23)20-30(33)19-21-10-3-1-4-11-21/h1-18,20H,19H2/b30-20-. The Kier molecular flexibility index (Phi) is 5.52. The second kappa shape index (κ2) is 8.93. The molecule has 5 nitrogen and oxygen atoms in total. The number of rotatable bonds is 5. The molecule has 5 heteroatoms. The van der Waals surface area contributed by atoms with Crippen LogP contribution in [-0.4, -0.2) is 20.7 Å². The van der Waals surface area contributed by atoms with E-state index in [9.17, 15) is 10.0 Å². The minimum absolute atomic E-state index is 0.170. The first-order chi connectivity index (χ1) is 16.2. The average molecular weight is 431 g/mol. The number of fused-ring (bicyclic) bond motifs is 1. The van der Waals surface area contributed by atoms with E-state index in [0.29, 0.717) is 16.8 Å². The van der Waals surface area contributed by atoms with Crippen molar-refractivity contribution in [1.29, 1.82) is 0 Å². The summed E-state index contributed by atoms with van der Waals surface area (Å²) in [6.07, 6.45) is 1.58. The van der Waals surface area contributed by atoms with Crippen LogP contribution in [0.15, 0.2) is 114 Å². The zero-order chi connectivity index (χ0) is 22.6. The van der Waals surface area contributed by atoms with Crippen LogP contribution in [0.1, 0.15) is 11.1 Å². The molecule has 0 spiro atoms. The number of benzene rings is 4. The van der Waals surface area contributed by atoms with Gasteiger partial charge in [0.1, 0.15) is 0 Å². The van der Waals surface area contributed by atoms with Gasteiger partial charge in [0.2, 0.25) is 0 Å². The fourth-order valence-electron chi connectivity index (χ4n) is 3.89. The van der Waals surface area contributed by atoms with Crippen molar-refractivity contribution >= 4 is 17.0 Å². The summed E-state index contributed by atoms with van der Waals surface area (Å²) in [5, 5.41) is 18.6. The number of hydrogen-bond donors (Lipinski definition) is 0. The molecule has 0 N–H and O–H groups in total. The van der Waals surface area contributed by atoms with Crippen LogP contribution in [0.3, 0.4) is 0 Å². The lowest BCUT2D eigenvalue weighted by Gasteiger charge is -2.12. The van der Waals surface area contributed by atoms with Gasteiger partial charge in [0.15, 0.2) is 12.8 Å². The molecule has 0 aliphatic carbocycles. The van der Waals surface area contributed by atoms with Gasteiger partial charge in [0, 0.05) is 22.1 Å². The highest BCUT2D eigenvalue weighted by Crippen LogP contribution is 2.26. The van der Waals surface area contributed by atoms with E-state index >= 15 is 0 Å². The summed E-state index contributed by atoms with van der Waals surface area (Å²) in [7, 11) is 0. The van der Waals surface area contributed by atoms with E-state index in [0.717, 1.165) is 26.8 Å². The van der Waals surface area contributed by atoms with Gasteiger partial charge in [-0.25, -0.2) is 4.74 Å². The zero-order valence-corrected chi connectivity index (χ0v) is 17.8. The van der Waals surface area contributed by atoms with Crippen LogP contribution >= 0.6 is 0 Å². The van der Waals surface area contributed by atoms with Crippen LogP contribution in [-0.2, 0) is 6.54 Å². The molecule has 1 aromatic heterocycles. The summed E-state index contributed by atoms with van der Waals surface area (Å²) in [6, 6.07) is 34.1. The summed E-state index contributed by atoms with van der Waals surface area (Å²) in [5.74, 6) is 0. The minimum atomic E-state index is -0.170. The highest BCUT2D eigenvalue weighted by atomic mass is 16.5. The highest BCUT2D eigenvalue weighted by molar-refractivity contribution is 5.94. The number of para-hydroxylation sites is 1. The Morgan fingerprint density at radius 3 is 2.21 bits per heavy atom. The molecule has 0 fully saturated rings. The second-order valence-corrected chi connectivity index (χ2v) is 7.76. The molecule has 0 unspecified atom stereocenters. The van der Waals surface area contributed by atoms with Crippen LogP contribution in [0.5, 0.6) is 0 Å². The highest BCUT2D eigenvalue weighted by Gasteiger charge is 2.13. The Hall–Kier alpha value is -4.51. The molecule has 33 heavy (non-hydrogen) atoms. The van der Waals surface area contributed by atoms with E-state index in [1.54, 1.807) is 6.21 Å². The first kappa shape index (κ1) is 20.4. The van der Waals surface area contributed by atoms with Gasteiger partial charge < -0.3 is 5.21 Å². The van der Waals surface area contributed by atoms with Gasteiger partial charge in [0.05, 0.1) is 16.8 Å². The Balaban J connectivity index is 1.61. The number of aromatic nitrogens is 2. The Labute approximate surface area is 191 Å². The molecule has 160 valence electrons. The lowest BCUT2D eigenvalue weighted by Crippen LogP contribution is -2.22. The third-order valence-corrected chi connectivity index (χ3v) is 5.44. The molecule has 5 aromatic rings. The SMILES string of the molecule is O=c1c2ccccc2c(-c2cccc(/C=[N+](\[O-])Cc3ccccc3)c2)nn1-c1ccccc1. The van der Waals surface area contributed by atoms with Crippen molar-refractivity contribution in [3.63, 3.8) is 0 Å². The third kappa shape index (κ3) is 4.29. The van der Waals surface area contributed by atoms with Crippen molar-refractivity contribution in [2.75, 3.05) is 0 Å².